The van der Waals surface area contributed by atoms with Gasteiger partial charge in [-0.3, -0.25) is 0 Å². The molecule has 0 radical (unpaired) electrons. The smallest absolute Gasteiger partial charge is 0.402 e. The summed E-state index contributed by atoms with van der Waals surface area (Å²) in [5.74, 6) is 0. The lowest BCUT2D eigenvalue weighted by Gasteiger charge is -2.20. The lowest BCUT2D eigenvalue weighted by atomic mass is 9.83. The number of hydrogen-bond acceptors (Lipinski definition) is 3. The molecule has 5 aromatic carbocycles. The molecule has 3 N–H and O–H groups in total. The van der Waals surface area contributed by atoms with Crippen LogP contribution in [0.25, 0.3) is 44.5 Å². The summed E-state index contributed by atoms with van der Waals surface area (Å²) >= 11 is 0. The predicted octanol–water partition coefficient (Wildman–Crippen LogP) is 6.30. The first-order valence-corrected chi connectivity index (χ1v) is 11.1. The molecule has 0 bridgehead atoms. The fourth-order valence-electron chi connectivity index (χ4n) is 4.13. The third-order valence-corrected chi connectivity index (χ3v) is 5.50. The molecule has 166 valence electrons. The summed E-state index contributed by atoms with van der Waals surface area (Å²) in [5.41, 5.74) is 9.96. The quantitative estimate of drug-likeness (QED) is 0.285. The molecular formula is C30H25BO3. The van der Waals surface area contributed by atoms with Gasteiger partial charge in [-0.2, -0.15) is 0 Å². The standard InChI is InChI=1S/C30H22.BH3O3/c1-5-13-23(14-6-1)27-21-22-28(24-15-7-2-8-16-24)30(26-19-11-4-12-20-26)29(27)25-17-9-3-10-18-25;2-1(3)4/h1-22H;2-4H. The van der Waals surface area contributed by atoms with Crippen molar-refractivity contribution in [2.24, 2.45) is 0 Å². The van der Waals surface area contributed by atoms with Crippen LogP contribution in [-0.2, 0) is 0 Å². The highest BCUT2D eigenvalue weighted by Gasteiger charge is 2.18. The van der Waals surface area contributed by atoms with Gasteiger partial charge >= 0.3 is 7.32 Å². The van der Waals surface area contributed by atoms with Crippen molar-refractivity contribution in [3.63, 3.8) is 0 Å². The van der Waals surface area contributed by atoms with Gasteiger partial charge in [-0.05, 0) is 44.5 Å². The molecule has 0 aliphatic heterocycles. The molecule has 0 heterocycles. The van der Waals surface area contributed by atoms with E-state index in [-0.39, 0.29) is 0 Å². The number of hydrogen-bond donors (Lipinski definition) is 3. The molecule has 5 rings (SSSR count). The second-order valence-corrected chi connectivity index (χ2v) is 7.72. The summed E-state index contributed by atoms with van der Waals surface area (Å²) in [6.45, 7) is 0. The summed E-state index contributed by atoms with van der Waals surface area (Å²) in [4.78, 5) is 0. The van der Waals surface area contributed by atoms with Gasteiger partial charge in [0.2, 0.25) is 0 Å². The first-order valence-electron chi connectivity index (χ1n) is 11.1. The van der Waals surface area contributed by atoms with Crippen LogP contribution in [0.2, 0.25) is 0 Å². The highest BCUT2D eigenvalue weighted by atomic mass is 16.5. The van der Waals surface area contributed by atoms with Crippen molar-refractivity contribution in [3.05, 3.63) is 133 Å². The van der Waals surface area contributed by atoms with E-state index in [4.69, 9.17) is 15.1 Å². The van der Waals surface area contributed by atoms with Gasteiger partial charge in [-0.15, -0.1) is 0 Å². The Labute approximate surface area is 200 Å². The van der Waals surface area contributed by atoms with Gasteiger partial charge in [0.1, 0.15) is 0 Å². The molecule has 0 aliphatic carbocycles. The summed E-state index contributed by atoms with van der Waals surface area (Å²) in [6.07, 6.45) is 0. The largest absolute Gasteiger partial charge is 0.631 e. The summed E-state index contributed by atoms with van der Waals surface area (Å²) in [6, 6.07) is 47.4. The van der Waals surface area contributed by atoms with Gasteiger partial charge in [0, 0.05) is 0 Å². The monoisotopic (exact) mass is 444 g/mol. The van der Waals surface area contributed by atoms with E-state index in [1.54, 1.807) is 0 Å². The van der Waals surface area contributed by atoms with Crippen LogP contribution in [0.4, 0.5) is 0 Å². The topological polar surface area (TPSA) is 60.7 Å². The molecule has 0 saturated heterocycles. The lowest BCUT2D eigenvalue weighted by molar-refractivity contribution is 0.278. The van der Waals surface area contributed by atoms with Crippen molar-refractivity contribution >= 4 is 7.32 Å². The third kappa shape index (κ3) is 5.50. The normalized spacial score (nSPS) is 10.2. The highest BCUT2D eigenvalue weighted by Crippen LogP contribution is 2.45. The van der Waals surface area contributed by atoms with Crippen LogP contribution < -0.4 is 0 Å². The molecule has 0 aromatic heterocycles. The van der Waals surface area contributed by atoms with Gasteiger partial charge in [-0.25, -0.2) is 0 Å². The summed E-state index contributed by atoms with van der Waals surface area (Å²) in [5, 5.41) is 21.5. The van der Waals surface area contributed by atoms with Gasteiger partial charge < -0.3 is 15.1 Å². The molecule has 0 fully saturated rings. The Kier molecular flexibility index (Phi) is 7.69. The Morgan fingerprint density at radius 1 is 0.324 bits per heavy atom. The average Bonchev–Trinajstić information content (AvgIpc) is 2.89. The predicted molar refractivity (Wildman–Crippen MR) is 141 cm³/mol. The Hall–Kier alpha value is -3.96. The number of rotatable bonds is 4. The Balaban J connectivity index is 0.000000636. The fourth-order valence-corrected chi connectivity index (χ4v) is 4.13. The van der Waals surface area contributed by atoms with Crippen molar-refractivity contribution in [1.29, 1.82) is 0 Å². The molecule has 3 nitrogen and oxygen atoms in total. The lowest BCUT2D eigenvalue weighted by Crippen LogP contribution is -2.07. The summed E-state index contributed by atoms with van der Waals surface area (Å²) in [7, 11) is -2.17. The van der Waals surface area contributed by atoms with Crippen molar-refractivity contribution < 1.29 is 15.1 Å². The summed E-state index contributed by atoms with van der Waals surface area (Å²) < 4.78 is 0. The molecule has 4 heteroatoms. The second-order valence-electron chi connectivity index (χ2n) is 7.72. The molecule has 0 amide bonds. The van der Waals surface area contributed by atoms with Crippen molar-refractivity contribution in [3.8, 4) is 44.5 Å². The van der Waals surface area contributed by atoms with Crippen LogP contribution >= 0.6 is 0 Å². The van der Waals surface area contributed by atoms with Crippen molar-refractivity contribution in [2.45, 2.75) is 0 Å². The Morgan fingerprint density at radius 2 is 0.559 bits per heavy atom. The number of benzene rings is 5. The zero-order chi connectivity index (χ0) is 23.8. The van der Waals surface area contributed by atoms with Crippen LogP contribution in [0.5, 0.6) is 0 Å². The minimum absolute atomic E-state index is 1.23. The van der Waals surface area contributed by atoms with Crippen LogP contribution in [0.1, 0.15) is 0 Å². The van der Waals surface area contributed by atoms with Gasteiger partial charge in [0.25, 0.3) is 0 Å². The van der Waals surface area contributed by atoms with Crippen LogP contribution in [0.15, 0.2) is 133 Å². The zero-order valence-electron chi connectivity index (χ0n) is 18.6. The van der Waals surface area contributed by atoms with E-state index < -0.39 is 7.32 Å². The minimum Gasteiger partial charge on any atom is -0.402 e. The average molecular weight is 444 g/mol. The van der Waals surface area contributed by atoms with Crippen molar-refractivity contribution in [2.75, 3.05) is 0 Å². The van der Waals surface area contributed by atoms with Gasteiger partial charge in [0.15, 0.2) is 0 Å². The molecule has 0 atom stereocenters. The van der Waals surface area contributed by atoms with E-state index in [1.165, 1.54) is 44.5 Å². The molecule has 0 saturated carbocycles. The fraction of sp³-hybridized carbons (Fsp3) is 0. The van der Waals surface area contributed by atoms with E-state index in [9.17, 15) is 0 Å². The van der Waals surface area contributed by atoms with Crippen molar-refractivity contribution in [1.82, 2.24) is 0 Å². The zero-order valence-corrected chi connectivity index (χ0v) is 18.6. The molecule has 0 unspecified atom stereocenters. The first kappa shape index (κ1) is 23.2. The van der Waals surface area contributed by atoms with Crippen LogP contribution in [-0.4, -0.2) is 22.4 Å². The first-order chi connectivity index (χ1) is 16.6. The third-order valence-electron chi connectivity index (χ3n) is 5.50. The highest BCUT2D eigenvalue weighted by molar-refractivity contribution is 6.30. The van der Waals surface area contributed by atoms with E-state index in [0.717, 1.165) is 0 Å². The molecular weight excluding hydrogens is 419 g/mol. The van der Waals surface area contributed by atoms with E-state index in [0.29, 0.717) is 0 Å². The maximum absolute atomic E-state index is 7.17. The van der Waals surface area contributed by atoms with E-state index >= 15 is 0 Å². The SMILES string of the molecule is OB(O)O.c1ccc(-c2ccc(-c3ccccc3)c(-c3ccccc3)c2-c2ccccc2)cc1. The Morgan fingerprint density at radius 3 is 0.824 bits per heavy atom. The van der Waals surface area contributed by atoms with E-state index in [1.807, 2.05) is 0 Å². The maximum Gasteiger partial charge on any atom is 0.631 e. The van der Waals surface area contributed by atoms with Crippen LogP contribution in [0.3, 0.4) is 0 Å². The maximum atomic E-state index is 7.17. The second kappa shape index (κ2) is 11.3. The Bertz CT molecular complexity index is 1200. The van der Waals surface area contributed by atoms with E-state index in [2.05, 4.69) is 133 Å². The molecule has 34 heavy (non-hydrogen) atoms. The van der Waals surface area contributed by atoms with Crippen LogP contribution in [0, 0.1) is 0 Å². The van der Waals surface area contributed by atoms with Gasteiger partial charge in [0.05, 0.1) is 0 Å². The van der Waals surface area contributed by atoms with Gasteiger partial charge in [-0.1, -0.05) is 133 Å². The molecule has 0 spiro atoms. The molecule has 5 aromatic rings. The molecule has 0 aliphatic rings. The minimum atomic E-state index is -2.17.